The summed E-state index contributed by atoms with van der Waals surface area (Å²) in [4.78, 5) is 16.0. The third-order valence-corrected chi connectivity index (χ3v) is 2.97. The van der Waals surface area contributed by atoms with E-state index < -0.39 is 11.7 Å². The number of halogens is 1. The van der Waals surface area contributed by atoms with Gasteiger partial charge in [-0.15, -0.1) is 0 Å². The molecule has 20 heavy (non-hydrogen) atoms. The van der Waals surface area contributed by atoms with Crippen molar-refractivity contribution in [1.29, 1.82) is 0 Å². The fourth-order valence-electron chi connectivity index (χ4n) is 1.61. The number of pyridine rings is 1. The van der Waals surface area contributed by atoms with Crippen LogP contribution in [-0.2, 0) is 0 Å². The van der Waals surface area contributed by atoms with Gasteiger partial charge in [0, 0.05) is 11.3 Å². The van der Waals surface area contributed by atoms with Crippen LogP contribution < -0.4 is 11.1 Å². The van der Waals surface area contributed by atoms with Gasteiger partial charge >= 0.3 is 0 Å². The number of benzene rings is 1. The highest BCUT2D eigenvalue weighted by Crippen LogP contribution is 2.17. The van der Waals surface area contributed by atoms with Gasteiger partial charge in [0.1, 0.15) is 16.5 Å². The lowest BCUT2D eigenvalue weighted by molar-refractivity contribution is 0.102. The molecule has 0 unspecified atom stereocenters. The minimum Gasteiger partial charge on any atom is -0.389 e. The number of nitrogens with two attached hydrogens (primary N) is 1. The second-order valence-electron chi connectivity index (χ2n) is 4.21. The van der Waals surface area contributed by atoms with Crippen molar-refractivity contribution in [2.45, 2.75) is 6.92 Å². The summed E-state index contributed by atoms with van der Waals surface area (Å²) in [5, 5.41) is 2.70. The largest absolute Gasteiger partial charge is 0.389 e. The highest BCUT2D eigenvalue weighted by atomic mass is 32.1. The molecule has 2 rings (SSSR count). The van der Waals surface area contributed by atoms with Crippen LogP contribution in [0.4, 0.5) is 10.1 Å². The van der Waals surface area contributed by atoms with Crippen LogP contribution in [0.3, 0.4) is 0 Å². The quantitative estimate of drug-likeness (QED) is 0.852. The molecule has 1 amide bonds. The number of thiocarbonyl (C=S) groups is 1. The van der Waals surface area contributed by atoms with E-state index in [0.717, 1.165) is 11.8 Å². The summed E-state index contributed by atoms with van der Waals surface area (Å²) in [7, 11) is 0. The van der Waals surface area contributed by atoms with Gasteiger partial charge in [-0.2, -0.15) is 0 Å². The Balaban J connectivity index is 2.25. The van der Waals surface area contributed by atoms with Crippen molar-refractivity contribution in [3.05, 3.63) is 59.2 Å². The van der Waals surface area contributed by atoms with Crippen LogP contribution in [0.15, 0.2) is 36.5 Å². The van der Waals surface area contributed by atoms with Crippen molar-refractivity contribution in [1.82, 2.24) is 4.98 Å². The van der Waals surface area contributed by atoms with Crippen molar-refractivity contribution >= 4 is 28.8 Å². The highest BCUT2D eigenvalue weighted by molar-refractivity contribution is 7.80. The minimum atomic E-state index is -0.492. The molecule has 0 bridgehead atoms. The molecule has 0 aliphatic carbocycles. The Morgan fingerprint density at radius 1 is 1.35 bits per heavy atom. The molecule has 4 nitrogen and oxygen atoms in total. The number of nitrogens with zero attached hydrogens (tertiary/aromatic N) is 1. The Labute approximate surface area is 120 Å². The van der Waals surface area contributed by atoms with Crippen molar-refractivity contribution in [3.8, 4) is 0 Å². The molecule has 0 atom stereocenters. The molecule has 0 spiro atoms. The third-order valence-electron chi connectivity index (χ3n) is 2.73. The third kappa shape index (κ3) is 3.16. The van der Waals surface area contributed by atoms with Crippen LogP contribution in [0.25, 0.3) is 0 Å². The number of hydrogen-bond donors (Lipinski definition) is 2. The van der Waals surface area contributed by atoms with Gasteiger partial charge < -0.3 is 11.1 Å². The Kier molecular flexibility index (Phi) is 4.05. The molecule has 0 aliphatic rings. The van der Waals surface area contributed by atoms with Gasteiger partial charge in [-0.25, -0.2) is 9.37 Å². The van der Waals surface area contributed by atoms with Gasteiger partial charge in [-0.1, -0.05) is 24.4 Å². The number of nitrogens with one attached hydrogen (secondary N) is 1. The molecular weight excluding hydrogens is 277 g/mol. The SMILES string of the molecule is Cc1ccc(C(N)=S)cc1NC(=O)c1ccc(F)cn1. The molecule has 1 heterocycles. The zero-order valence-electron chi connectivity index (χ0n) is 10.7. The van der Waals surface area contributed by atoms with Crippen LogP contribution in [0, 0.1) is 12.7 Å². The van der Waals surface area contributed by atoms with E-state index in [1.54, 1.807) is 12.1 Å². The number of carbonyl (C=O) groups is 1. The lowest BCUT2D eigenvalue weighted by Crippen LogP contribution is -2.16. The monoisotopic (exact) mass is 289 g/mol. The fourth-order valence-corrected chi connectivity index (χ4v) is 1.73. The summed E-state index contributed by atoms with van der Waals surface area (Å²) in [6.07, 6.45) is 0.993. The van der Waals surface area contributed by atoms with Crippen molar-refractivity contribution in [3.63, 3.8) is 0 Å². The molecule has 0 radical (unpaired) electrons. The van der Waals surface area contributed by atoms with E-state index in [4.69, 9.17) is 18.0 Å². The first-order valence-electron chi connectivity index (χ1n) is 5.81. The topological polar surface area (TPSA) is 68.0 Å². The molecule has 1 aromatic carbocycles. The van der Waals surface area contributed by atoms with E-state index in [1.807, 2.05) is 13.0 Å². The Bertz CT molecular complexity index is 671. The molecular formula is C14H12FN3OS. The van der Waals surface area contributed by atoms with Gasteiger partial charge in [-0.3, -0.25) is 4.79 Å². The normalized spacial score (nSPS) is 10.1. The molecule has 2 aromatic rings. The number of aromatic nitrogens is 1. The highest BCUT2D eigenvalue weighted by Gasteiger charge is 2.10. The van der Waals surface area contributed by atoms with Crippen LogP contribution >= 0.6 is 12.2 Å². The Hall–Kier alpha value is -2.34. The summed E-state index contributed by atoms with van der Waals surface area (Å²) in [6.45, 7) is 1.84. The number of carbonyl (C=O) groups excluding carboxylic acids is 1. The standard InChI is InChI=1S/C14H12FN3OS/c1-8-2-3-9(13(16)20)6-12(8)18-14(19)11-5-4-10(15)7-17-11/h2-7H,1H3,(H2,16,20)(H,18,19). The second kappa shape index (κ2) is 5.75. The molecule has 0 fully saturated rings. The fraction of sp³-hybridized carbons (Fsp3) is 0.0714. The van der Waals surface area contributed by atoms with Gasteiger partial charge in [0.15, 0.2) is 0 Å². The molecule has 0 saturated heterocycles. The average molecular weight is 289 g/mol. The van der Waals surface area contributed by atoms with Gasteiger partial charge in [0.25, 0.3) is 5.91 Å². The number of amides is 1. The van der Waals surface area contributed by atoms with Crippen LogP contribution in [0.2, 0.25) is 0 Å². The number of aryl methyl sites for hydroxylation is 1. The van der Waals surface area contributed by atoms with E-state index >= 15 is 0 Å². The van der Waals surface area contributed by atoms with Gasteiger partial charge in [-0.05, 0) is 30.7 Å². The summed E-state index contributed by atoms with van der Waals surface area (Å²) in [6, 6.07) is 7.78. The zero-order valence-corrected chi connectivity index (χ0v) is 11.5. The zero-order chi connectivity index (χ0) is 14.7. The number of hydrogen-bond acceptors (Lipinski definition) is 3. The lowest BCUT2D eigenvalue weighted by Gasteiger charge is -2.09. The average Bonchev–Trinajstić information content (AvgIpc) is 2.41. The first-order valence-corrected chi connectivity index (χ1v) is 6.21. The van der Waals surface area contributed by atoms with E-state index in [-0.39, 0.29) is 10.7 Å². The molecule has 0 saturated carbocycles. The van der Waals surface area contributed by atoms with Crippen LogP contribution in [0.1, 0.15) is 21.6 Å². The van der Waals surface area contributed by atoms with E-state index in [1.165, 1.54) is 12.1 Å². The molecule has 1 aromatic heterocycles. The van der Waals surface area contributed by atoms with Crippen molar-refractivity contribution in [2.24, 2.45) is 5.73 Å². The molecule has 6 heteroatoms. The maximum Gasteiger partial charge on any atom is 0.274 e. The van der Waals surface area contributed by atoms with Crippen molar-refractivity contribution in [2.75, 3.05) is 5.32 Å². The maximum absolute atomic E-state index is 12.8. The molecule has 0 aliphatic heterocycles. The Morgan fingerprint density at radius 2 is 2.10 bits per heavy atom. The van der Waals surface area contributed by atoms with Gasteiger partial charge in [0.05, 0.1) is 6.20 Å². The summed E-state index contributed by atoms with van der Waals surface area (Å²) in [5.41, 5.74) is 7.80. The predicted octanol–water partition coefficient (Wildman–Crippen LogP) is 2.42. The Morgan fingerprint density at radius 3 is 2.70 bits per heavy atom. The predicted molar refractivity (Wildman–Crippen MR) is 79.2 cm³/mol. The van der Waals surface area contributed by atoms with E-state index in [0.29, 0.717) is 11.3 Å². The molecule has 3 N–H and O–H groups in total. The summed E-state index contributed by atoms with van der Waals surface area (Å²) in [5.74, 6) is -0.915. The second-order valence-corrected chi connectivity index (χ2v) is 4.65. The van der Waals surface area contributed by atoms with Crippen LogP contribution in [0.5, 0.6) is 0 Å². The van der Waals surface area contributed by atoms with Crippen molar-refractivity contribution < 1.29 is 9.18 Å². The minimum absolute atomic E-state index is 0.131. The van der Waals surface area contributed by atoms with Gasteiger partial charge in [0.2, 0.25) is 0 Å². The summed E-state index contributed by atoms with van der Waals surface area (Å²) >= 11 is 4.90. The molecule has 102 valence electrons. The van der Waals surface area contributed by atoms with E-state index in [9.17, 15) is 9.18 Å². The first-order chi connectivity index (χ1) is 9.47. The first kappa shape index (κ1) is 14.1. The maximum atomic E-state index is 12.8. The number of anilines is 1. The summed E-state index contributed by atoms with van der Waals surface area (Å²) < 4.78 is 12.8. The number of rotatable bonds is 3. The van der Waals surface area contributed by atoms with Crippen LogP contribution in [-0.4, -0.2) is 15.9 Å². The smallest absolute Gasteiger partial charge is 0.274 e. The lowest BCUT2D eigenvalue weighted by atomic mass is 10.1. The van der Waals surface area contributed by atoms with E-state index in [2.05, 4.69) is 10.3 Å².